The zero-order chi connectivity index (χ0) is 15.2. The maximum Gasteiger partial charge on any atom is 0.317 e. The number of urea groups is 1. The van der Waals surface area contributed by atoms with E-state index in [0.29, 0.717) is 18.4 Å². The summed E-state index contributed by atoms with van der Waals surface area (Å²) in [5.74, 6) is 0.558. The number of rotatable bonds is 4. The molecule has 3 amide bonds. The summed E-state index contributed by atoms with van der Waals surface area (Å²) in [7, 11) is 0. The molecule has 3 atom stereocenters. The molecule has 0 aromatic heterocycles. The third-order valence-electron chi connectivity index (χ3n) is 4.06. The van der Waals surface area contributed by atoms with Crippen molar-refractivity contribution in [2.24, 2.45) is 5.73 Å². The van der Waals surface area contributed by atoms with E-state index >= 15 is 0 Å². The molecule has 0 radical (unpaired) electrons. The highest BCUT2D eigenvalue weighted by Gasteiger charge is 2.31. The third-order valence-corrected chi connectivity index (χ3v) is 5.39. The van der Waals surface area contributed by atoms with E-state index in [2.05, 4.69) is 12.2 Å². The van der Waals surface area contributed by atoms with Crippen LogP contribution in [0.15, 0.2) is 0 Å². The van der Waals surface area contributed by atoms with Gasteiger partial charge in [0.15, 0.2) is 6.10 Å². The second-order valence-corrected chi connectivity index (χ2v) is 7.06. The maximum atomic E-state index is 12.4. The second kappa shape index (κ2) is 7.89. The maximum absolute atomic E-state index is 12.4. The van der Waals surface area contributed by atoms with Crippen molar-refractivity contribution in [1.29, 1.82) is 0 Å². The number of nitrogens with zero attached hydrogens (tertiary/aromatic N) is 1. The van der Waals surface area contributed by atoms with Gasteiger partial charge in [0.2, 0.25) is 5.91 Å². The molecule has 7 heteroatoms. The van der Waals surface area contributed by atoms with Gasteiger partial charge in [-0.1, -0.05) is 19.8 Å². The zero-order valence-corrected chi connectivity index (χ0v) is 13.4. The Kier molecular flexibility index (Phi) is 6.17. The minimum absolute atomic E-state index is 0.0989. The van der Waals surface area contributed by atoms with Gasteiger partial charge in [-0.3, -0.25) is 4.79 Å². The van der Waals surface area contributed by atoms with Crippen molar-refractivity contribution in [2.75, 3.05) is 25.4 Å². The van der Waals surface area contributed by atoms with Crippen molar-refractivity contribution in [3.8, 4) is 0 Å². The molecule has 0 aromatic rings. The number of ether oxygens (including phenoxy) is 1. The van der Waals surface area contributed by atoms with Crippen LogP contribution in [0.5, 0.6) is 0 Å². The van der Waals surface area contributed by atoms with Crippen LogP contribution in [0.2, 0.25) is 0 Å². The summed E-state index contributed by atoms with van der Waals surface area (Å²) in [6.07, 6.45) is 3.92. The fourth-order valence-electron chi connectivity index (χ4n) is 2.93. The molecule has 1 aliphatic carbocycles. The van der Waals surface area contributed by atoms with E-state index in [-0.39, 0.29) is 18.6 Å². The van der Waals surface area contributed by atoms with Crippen molar-refractivity contribution in [2.45, 2.75) is 50.0 Å². The number of carbonyl (C=O) groups is 2. The number of nitrogens with two attached hydrogens (primary N) is 1. The Bertz CT molecular complexity index is 378. The molecule has 21 heavy (non-hydrogen) atoms. The van der Waals surface area contributed by atoms with E-state index in [1.54, 1.807) is 4.90 Å². The summed E-state index contributed by atoms with van der Waals surface area (Å²) in [4.78, 5) is 25.2. The van der Waals surface area contributed by atoms with Crippen LogP contribution in [0.1, 0.15) is 32.6 Å². The molecular formula is C14H25N3O3S. The average molecular weight is 315 g/mol. The van der Waals surface area contributed by atoms with Crippen LogP contribution >= 0.6 is 11.8 Å². The summed E-state index contributed by atoms with van der Waals surface area (Å²) < 4.78 is 5.27. The fraction of sp³-hybridized carbons (Fsp3) is 0.857. The van der Waals surface area contributed by atoms with E-state index in [1.807, 2.05) is 11.8 Å². The van der Waals surface area contributed by atoms with Crippen molar-refractivity contribution < 1.29 is 14.3 Å². The Morgan fingerprint density at radius 2 is 2.14 bits per heavy atom. The van der Waals surface area contributed by atoms with Crippen molar-refractivity contribution in [3.05, 3.63) is 0 Å². The first-order valence-corrected chi connectivity index (χ1v) is 8.74. The Morgan fingerprint density at radius 3 is 2.86 bits per heavy atom. The Balaban J connectivity index is 1.88. The highest BCUT2D eigenvalue weighted by Crippen LogP contribution is 2.28. The average Bonchev–Trinajstić information content (AvgIpc) is 2.49. The normalized spacial score (nSPS) is 30.0. The molecule has 1 saturated heterocycles. The first kappa shape index (κ1) is 16.4. The van der Waals surface area contributed by atoms with E-state index in [1.165, 1.54) is 12.8 Å². The lowest BCUT2D eigenvalue weighted by Gasteiger charge is -2.36. The molecule has 1 aliphatic heterocycles. The van der Waals surface area contributed by atoms with Gasteiger partial charge in [0.1, 0.15) is 0 Å². The molecular weight excluding hydrogens is 290 g/mol. The lowest BCUT2D eigenvalue weighted by Crippen LogP contribution is -2.56. The molecule has 0 unspecified atom stereocenters. The molecule has 6 nitrogen and oxygen atoms in total. The van der Waals surface area contributed by atoms with Crippen LogP contribution in [-0.2, 0) is 9.53 Å². The minimum Gasteiger partial charge on any atom is -0.367 e. The standard InChI is InChI=1S/C14H25N3O3S/c1-2-21-12-6-4-3-5-10(12)16-14(19)17-7-8-20-11(9-17)13(15)18/h10-12H,2-9H2,1H3,(H2,15,18)(H,16,19)/t10-,11-,12+/m0/s1. The van der Waals surface area contributed by atoms with Gasteiger partial charge < -0.3 is 20.7 Å². The van der Waals surface area contributed by atoms with Gasteiger partial charge in [-0.15, -0.1) is 0 Å². The highest BCUT2D eigenvalue weighted by atomic mass is 32.2. The lowest BCUT2D eigenvalue weighted by atomic mass is 9.95. The van der Waals surface area contributed by atoms with E-state index in [9.17, 15) is 9.59 Å². The highest BCUT2D eigenvalue weighted by molar-refractivity contribution is 7.99. The van der Waals surface area contributed by atoms with Crippen LogP contribution in [0.4, 0.5) is 4.79 Å². The summed E-state index contributed by atoms with van der Waals surface area (Å²) in [5.41, 5.74) is 5.25. The van der Waals surface area contributed by atoms with Gasteiger partial charge in [-0.05, 0) is 18.6 Å². The zero-order valence-electron chi connectivity index (χ0n) is 12.5. The second-order valence-electron chi connectivity index (χ2n) is 5.54. The van der Waals surface area contributed by atoms with Gasteiger partial charge >= 0.3 is 6.03 Å². The lowest BCUT2D eigenvalue weighted by molar-refractivity contribution is -0.133. The Labute approximate surface area is 130 Å². The molecule has 2 fully saturated rings. The predicted octanol–water partition coefficient (Wildman–Crippen LogP) is 0.946. The van der Waals surface area contributed by atoms with E-state index in [0.717, 1.165) is 18.6 Å². The van der Waals surface area contributed by atoms with Crippen molar-refractivity contribution in [1.82, 2.24) is 10.2 Å². The number of amides is 3. The number of hydrogen-bond donors (Lipinski definition) is 2. The summed E-state index contributed by atoms with van der Waals surface area (Å²) in [6.45, 7) is 3.27. The van der Waals surface area contributed by atoms with Crippen LogP contribution in [0.3, 0.4) is 0 Å². The number of morpholine rings is 1. The first-order chi connectivity index (χ1) is 10.1. The molecule has 2 rings (SSSR count). The molecule has 1 saturated carbocycles. The topological polar surface area (TPSA) is 84.7 Å². The van der Waals surface area contributed by atoms with Crippen molar-refractivity contribution in [3.63, 3.8) is 0 Å². The molecule has 2 aliphatic rings. The smallest absolute Gasteiger partial charge is 0.317 e. The van der Waals surface area contributed by atoms with E-state index in [4.69, 9.17) is 10.5 Å². The fourth-order valence-corrected chi connectivity index (χ4v) is 4.13. The summed E-state index contributed by atoms with van der Waals surface area (Å²) in [5, 5.41) is 3.64. The minimum atomic E-state index is -0.684. The SMILES string of the molecule is CCS[C@@H]1CCCC[C@@H]1NC(=O)N1CCO[C@H](C(N)=O)C1. The van der Waals surface area contributed by atoms with Gasteiger partial charge in [0.05, 0.1) is 13.2 Å². The van der Waals surface area contributed by atoms with Crippen LogP contribution in [-0.4, -0.2) is 59.7 Å². The molecule has 3 N–H and O–H groups in total. The number of primary amides is 1. The van der Waals surface area contributed by atoms with Gasteiger partial charge in [0, 0.05) is 17.8 Å². The van der Waals surface area contributed by atoms with Gasteiger partial charge in [0.25, 0.3) is 0 Å². The number of thioether (sulfide) groups is 1. The quantitative estimate of drug-likeness (QED) is 0.809. The largest absolute Gasteiger partial charge is 0.367 e. The van der Waals surface area contributed by atoms with Gasteiger partial charge in [-0.2, -0.15) is 11.8 Å². The summed E-state index contributed by atoms with van der Waals surface area (Å²) in [6, 6.07) is 0.129. The van der Waals surface area contributed by atoms with Crippen LogP contribution in [0, 0.1) is 0 Å². The molecule has 120 valence electrons. The third kappa shape index (κ3) is 4.51. The first-order valence-electron chi connectivity index (χ1n) is 7.69. The van der Waals surface area contributed by atoms with Crippen molar-refractivity contribution >= 4 is 23.7 Å². The Hall–Kier alpha value is -0.950. The number of carbonyl (C=O) groups excluding carboxylic acids is 2. The number of nitrogens with one attached hydrogen (secondary N) is 1. The van der Waals surface area contributed by atoms with Gasteiger partial charge in [-0.25, -0.2) is 4.79 Å². The Morgan fingerprint density at radius 1 is 1.38 bits per heavy atom. The molecule has 0 bridgehead atoms. The molecule has 0 spiro atoms. The predicted molar refractivity (Wildman–Crippen MR) is 83.2 cm³/mol. The monoisotopic (exact) mass is 315 g/mol. The van der Waals surface area contributed by atoms with Crippen LogP contribution < -0.4 is 11.1 Å². The van der Waals surface area contributed by atoms with E-state index < -0.39 is 12.0 Å². The van der Waals surface area contributed by atoms with Crippen LogP contribution in [0.25, 0.3) is 0 Å². The number of hydrogen-bond acceptors (Lipinski definition) is 4. The molecule has 1 heterocycles. The molecule has 0 aromatic carbocycles. The summed E-state index contributed by atoms with van der Waals surface area (Å²) >= 11 is 1.92.